The van der Waals surface area contributed by atoms with Gasteiger partial charge in [0, 0.05) is 5.56 Å². The number of alkyl halides is 6. The highest BCUT2D eigenvalue weighted by molar-refractivity contribution is 5.49. The van der Waals surface area contributed by atoms with Gasteiger partial charge in [-0.15, -0.1) is 0 Å². The minimum atomic E-state index is -7.35. The second-order valence-electron chi connectivity index (χ2n) is 5.95. The lowest BCUT2D eigenvalue weighted by Crippen LogP contribution is -2.57. The van der Waals surface area contributed by atoms with Gasteiger partial charge in [0.15, 0.2) is 46.5 Å². The maximum Gasteiger partial charge on any atom is 0.411 e. The molecule has 0 aliphatic rings. The molecule has 0 N–H and O–H groups in total. The van der Waals surface area contributed by atoms with E-state index in [-0.39, 0.29) is 6.92 Å². The number of rotatable bonds is 2. The van der Waals surface area contributed by atoms with Crippen LogP contribution in [0.1, 0.15) is 16.7 Å². The standard InChI is InChI=1S/C16H3F15/c1-2-5(17)7(19)3(8(20)6(2)18)14(15(26,27)28,16(29,30)31)4-9(21)11(23)13(25)12(24)10(4)22/h1H3. The van der Waals surface area contributed by atoms with E-state index in [2.05, 4.69) is 0 Å². The summed E-state index contributed by atoms with van der Waals surface area (Å²) in [4.78, 5) is 0. The van der Waals surface area contributed by atoms with Crippen LogP contribution in [0, 0.1) is 59.3 Å². The Morgan fingerprint density at radius 3 is 0.871 bits per heavy atom. The average molecular weight is 480 g/mol. The molecule has 31 heavy (non-hydrogen) atoms. The molecule has 0 heterocycles. The first kappa shape index (κ1) is 24.7. The fourth-order valence-electron chi connectivity index (χ4n) is 2.86. The zero-order valence-corrected chi connectivity index (χ0v) is 14.2. The molecule has 0 aliphatic heterocycles. The Bertz CT molecular complexity index is 917. The Morgan fingerprint density at radius 1 is 0.387 bits per heavy atom. The molecular weight excluding hydrogens is 477 g/mol. The summed E-state index contributed by atoms with van der Waals surface area (Å²) in [7, 11) is 0. The van der Waals surface area contributed by atoms with E-state index in [9.17, 15) is 65.9 Å². The van der Waals surface area contributed by atoms with Crippen LogP contribution in [-0.2, 0) is 5.41 Å². The van der Waals surface area contributed by atoms with Crippen molar-refractivity contribution in [2.75, 3.05) is 0 Å². The average Bonchev–Trinajstić information content (AvgIpc) is 2.64. The van der Waals surface area contributed by atoms with Crippen LogP contribution in [-0.4, -0.2) is 12.4 Å². The zero-order valence-electron chi connectivity index (χ0n) is 14.2. The van der Waals surface area contributed by atoms with E-state index in [0.29, 0.717) is 0 Å². The first-order valence-electron chi connectivity index (χ1n) is 7.33. The van der Waals surface area contributed by atoms with E-state index in [1.54, 1.807) is 0 Å². The lowest BCUT2D eigenvalue weighted by Gasteiger charge is -2.38. The molecule has 0 nitrogen and oxygen atoms in total. The normalized spacial score (nSPS) is 13.2. The number of benzene rings is 2. The maximum absolute atomic E-state index is 14.2. The summed E-state index contributed by atoms with van der Waals surface area (Å²) >= 11 is 0. The van der Waals surface area contributed by atoms with Crippen LogP contribution in [0.25, 0.3) is 0 Å². The van der Waals surface area contributed by atoms with Crippen molar-refractivity contribution in [1.29, 1.82) is 0 Å². The van der Waals surface area contributed by atoms with E-state index in [1.807, 2.05) is 0 Å². The molecule has 0 radical (unpaired) electrons. The first-order valence-corrected chi connectivity index (χ1v) is 7.33. The molecule has 2 rings (SSSR count). The maximum atomic E-state index is 14.2. The molecule has 0 saturated carbocycles. The molecule has 0 atom stereocenters. The summed E-state index contributed by atoms with van der Waals surface area (Å²) in [6.07, 6.45) is -14.7. The third kappa shape index (κ3) is 3.11. The Hall–Kier alpha value is -2.61. The van der Waals surface area contributed by atoms with Crippen LogP contribution < -0.4 is 0 Å². The van der Waals surface area contributed by atoms with Crippen LogP contribution in [0.3, 0.4) is 0 Å². The highest BCUT2D eigenvalue weighted by Crippen LogP contribution is 2.59. The van der Waals surface area contributed by atoms with Crippen LogP contribution in [0.5, 0.6) is 0 Å². The topological polar surface area (TPSA) is 0 Å². The van der Waals surface area contributed by atoms with E-state index in [1.165, 1.54) is 0 Å². The third-order valence-corrected chi connectivity index (χ3v) is 4.29. The molecule has 0 fully saturated rings. The van der Waals surface area contributed by atoms with Crippen LogP contribution in [0.2, 0.25) is 0 Å². The van der Waals surface area contributed by atoms with E-state index < -0.39 is 86.8 Å². The largest absolute Gasteiger partial charge is 0.411 e. The first-order chi connectivity index (χ1) is 13.9. The third-order valence-electron chi connectivity index (χ3n) is 4.29. The predicted octanol–water partition coefficient (Wildman–Crippen LogP) is 6.66. The molecule has 2 aromatic rings. The van der Waals surface area contributed by atoms with Crippen LogP contribution >= 0.6 is 0 Å². The van der Waals surface area contributed by atoms with Crippen molar-refractivity contribution in [3.63, 3.8) is 0 Å². The molecule has 2 aromatic carbocycles. The smallest absolute Gasteiger partial charge is 0.203 e. The SMILES string of the molecule is Cc1c(F)c(F)c(C(c2c(F)c(F)c(F)c(F)c2F)(C(F)(F)F)C(F)(F)F)c(F)c1F. The van der Waals surface area contributed by atoms with Crippen LogP contribution in [0.4, 0.5) is 65.9 Å². The van der Waals surface area contributed by atoms with Crippen molar-refractivity contribution in [2.24, 2.45) is 0 Å². The highest BCUT2D eigenvalue weighted by Gasteiger charge is 2.77. The summed E-state index contributed by atoms with van der Waals surface area (Å²) < 4.78 is 206. The molecule has 172 valence electrons. The quantitative estimate of drug-likeness (QED) is 0.256. The van der Waals surface area contributed by atoms with Gasteiger partial charge in [-0.3, -0.25) is 0 Å². The predicted molar refractivity (Wildman–Crippen MR) is 70.1 cm³/mol. The summed E-state index contributed by atoms with van der Waals surface area (Å²) in [5, 5.41) is 0. The number of halogens is 15. The Morgan fingerprint density at radius 2 is 0.613 bits per heavy atom. The van der Waals surface area contributed by atoms with Gasteiger partial charge in [-0.2, -0.15) is 26.3 Å². The van der Waals surface area contributed by atoms with E-state index >= 15 is 0 Å². The minimum absolute atomic E-state index is 0.182. The minimum Gasteiger partial charge on any atom is -0.203 e. The molecule has 0 amide bonds. The van der Waals surface area contributed by atoms with Gasteiger partial charge in [-0.1, -0.05) is 0 Å². The lowest BCUT2D eigenvalue weighted by molar-refractivity contribution is -0.291. The monoisotopic (exact) mass is 480 g/mol. The van der Waals surface area contributed by atoms with Crippen molar-refractivity contribution >= 4 is 0 Å². The van der Waals surface area contributed by atoms with Gasteiger partial charge in [-0.25, -0.2) is 39.5 Å². The molecule has 0 aliphatic carbocycles. The van der Waals surface area contributed by atoms with E-state index in [4.69, 9.17) is 0 Å². The van der Waals surface area contributed by atoms with Crippen molar-refractivity contribution < 1.29 is 65.9 Å². The van der Waals surface area contributed by atoms with Gasteiger partial charge in [0.1, 0.15) is 0 Å². The van der Waals surface area contributed by atoms with Gasteiger partial charge in [-0.05, 0) is 6.92 Å². The van der Waals surface area contributed by atoms with Gasteiger partial charge in [0.25, 0.3) is 0 Å². The van der Waals surface area contributed by atoms with Crippen molar-refractivity contribution in [1.82, 2.24) is 0 Å². The van der Waals surface area contributed by atoms with Gasteiger partial charge in [0.2, 0.25) is 11.2 Å². The molecule has 0 unspecified atom stereocenters. The fourth-order valence-corrected chi connectivity index (χ4v) is 2.86. The van der Waals surface area contributed by atoms with Crippen molar-refractivity contribution in [2.45, 2.75) is 24.7 Å². The molecule has 0 spiro atoms. The highest BCUT2D eigenvalue weighted by atomic mass is 19.4. The second-order valence-corrected chi connectivity index (χ2v) is 5.95. The fraction of sp³-hybridized carbons (Fsp3) is 0.250. The summed E-state index contributed by atoms with van der Waals surface area (Å²) in [6.45, 7) is 0.182. The number of hydrogen-bond acceptors (Lipinski definition) is 0. The number of hydrogen-bond donors (Lipinski definition) is 0. The molecule has 0 saturated heterocycles. The second kappa shape index (κ2) is 7.22. The Balaban J connectivity index is 3.41. The summed E-state index contributed by atoms with van der Waals surface area (Å²) in [5.74, 6) is -30.0. The Kier molecular flexibility index (Phi) is 5.75. The molecule has 15 heteroatoms. The molecule has 0 bridgehead atoms. The summed E-state index contributed by atoms with van der Waals surface area (Å²) in [6, 6.07) is 0. The van der Waals surface area contributed by atoms with Gasteiger partial charge in [0.05, 0.1) is 11.1 Å². The van der Waals surface area contributed by atoms with Gasteiger partial charge >= 0.3 is 12.4 Å². The lowest BCUT2D eigenvalue weighted by atomic mass is 9.71. The zero-order chi connectivity index (χ0) is 24.4. The summed E-state index contributed by atoms with van der Waals surface area (Å²) in [5.41, 5.74) is -16.1. The molecule has 0 aromatic heterocycles. The van der Waals surface area contributed by atoms with Crippen molar-refractivity contribution in [3.8, 4) is 0 Å². The van der Waals surface area contributed by atoms with Crippen molar-refractivity contribution in [3.05, 3.63) is 69.0 Å². The molecular formula is C16H3F15. The van der Waals surface area contributed by atoms with Gasteiger partial charge < -0.3 is 0 Å². The Labute approximate surface area is 160 Å². The van der Waals surface area contributed by atoms with E-state index in [0.717, 1.165) is 0 Å². The van der Waals surface area contributed by atoms with Crippen LogP contribution in [0.15, 0.2) is 0 Å².